The second kappa shape index (κ2) is 14.1. The molecule has 4 aromatic heterocycles. The molecule has 0 saturated carbocycles. The molecule has 7 heteroatoms. The molecule has 0 spiro atoms. The molecule has 0 saturated heterocycles. The van der Waals surface area contributed by atoms with Crippen LogP contribution in [0.3, 0.4) is 0 Å². The van der Waals surface area contributed by atoms with Gasteiger partial charge in [-0.3, -0.25) is 9.55 Å². The van der Waals surface area contributed by atoms with Gasteiger partial charge in [0.05, 0.1) is 28.1 Å². The first-order valence-electron chi connectivity index (χ1n) is 20.5. The summed E-state index contributed by atoms with van der Waals surface area (Å²) in [5.41, 5.74) is 11.0. The van der Waals surface area contributed by atoms with Crippen molar-refractivity contribution < 1.29 is 4.74 Å². The first kappa shape index (κ1) is 38.1. The van der Waals surface area contributed by atoms with Gasteiger partial charge in [-0.15, -0.1) is 0 Å². The Morgan fingerprint density at radius 3 is 1.97 bits per heavy atom. The van der Waals surface area contributed by atoms with Crippen LogP contribution in [0.25, 0.3) is 38.9 Å². The molecule has 0 fully saturated rings. The molecule has 1 aliphatic rings. The maximum absolute atomic E-state index is 6.74. The first-order chi connectivity index (χ1) is 28.1. The van der Waals surface area contributed by atoms with Gasteiger partial charge in [0.15, 0.2) is 5.82 Å². The Bertz CT molecular complexity index is 2820. The van der Waals surface area contributed by atoms with Crippen molar-refractivity contribution in [3.63, 3.8) is 0 Å². The van der Waals surface area contributed by atoms with Crippen LogP contribution in [0.5, 0.6) is 11.5 Å². The number of nitrogens with zero attached hydrogens (tertiary/aromatic N) is 6. The van der Waals surface area contributed by atoms with Gasteiger partial charge >= 0.3 is 0 Å². The molecule has 0 N–H and O–H groups in total. The third-order valence-corrected chi connectivity index (χ3v) is 11.4. The Balaban J connectivity index is 1.10. The molecule has 296 valence electrons. The van der Waals surface area contributed by atoms with Crippen LogP contribution >= 0.6 is 0 Å². The van der Waals surface area contributed by atoms with E-state index in [1.165, 1.54) is 27.8 Å². The van der Waals surface area contributed by atoms with E-state index in [2.05, 4.69) is 180 Å². The zero-order chi connectivity index (χ0) is 41.3. The van der Waals surface area contributed by atoms with Gasteiger partial charge in [-0.2, -0.15) is 0 Å². The van der Waals surface area contributed by atoms with Crippen LogP contribution in [-0.4, -0.2) is 26.2 Å². The van der Waals surface area contributed by atoms with Crippen LogP contribution in [0.2, 0.25) is 0 Å². The monoisotopic (exact) mass is 776 g/mol. The number of hydrogen-bond acceptors (Lipinski definition) is 6. The number of fused-ring (bicyclic) bond motifs is 4. The van der Waals surface area contributed by atoms with E-state index in [4.69, 9.17) is 19.7 Å². The summed E-state index contributed by atoms with van der Waals surface area (Å²) in [6.07, 6.45) is 5.69. The van der Waals surface area contributed by atoms with E-state index in [9.17, 15) is 0 Å². The van der Waals surface area contributed by atoms with E-state index in [1.54, 1.807) is 0 Å². The van der Waals surface area contributed by atoms with Gasteiger partial charge in [0.1, 0.15) is 24.0 Å². The van der Waals surface area contributed by atoms with Crippen LogP contribution in [-0.2, 0) is 16.2 Å². The Morgan fingerprint density at radius 1 is 0.525 bits per heavy atom. The lowest BCUT2D eigenvalue weighted by Gasteiger charge is -2.35. The standard InChI is InChI=1S/C52H52N6O/c1-50(2,3)35-24-27-54-47(30-35)58-44-20-11-10-18-39(44)40-23-22-38(32-46(40)58)59-37-17-14-16-36(31-37)56-33-57(49-45(56)21-15-26-55-49)48-41(51(4,5)6)28-34(29-42(48)52(7,8)9)43-19-12-13-25-53-43/h10-32H,33H2,1-9H3. The highest BCUT2D eigenvalue weighted by Crippen LogP contribution is 2.50. The van der Waals surface area contributed by atoms with Crippen LogP contribution in [0.4, 0.5) is 22.9 Å². The zero-order valence-electron chi connectivity index (χ0n) is 35.6. The summed E-state index contributed by atoms with van der Waals surface area (Å²) in [6, 6.07) is 42.6. The Morgan fingerprint density at radius 2 is 1.24 bits per heavy atom. The minimum Gasteiger partial charge on any atom is -0.457 e. The van der Waals surface area contributed by atoms with Crippen molar-refractivity contribution in [1.82, 2.24) is 19.5 Å². The molecule has 59 heavy (non-hydrogen) atoms. The molecule has 0 atom stereocenters. The summed E-state index contributed by atoms with van der Waals surface area (Å²) < 4.78 is 8.99. The van der Waals surface area contributed by atoms with Gasteiger partial charge in [-0.05, 0) is 112 Å². The fourth-order valence-electron chi connectivity index (χ4n) is 8.36. The molecule has 0 amide bonds. The normalized spacial score (nSPS) is 13.4. The van der Waals surface area contributed by atoms with E-state index < -0.39 is 0 Å². The van der Waals surface area contributed by atoms with Crippen molar-refractivity contribution in [3.8, 4) is 28.6 Å². The maximum Gasteiger partial charge on any atom is 0.158 e. The summed E-state index contributed by atoms with van der Waals surface area (Å²) in [5, 5.41) is 2.34. The predicted molar refractivity (Wildman–Crippen MR) is 244 cm³/mol. The van der Waals surface area contributed by atoms with Crippen LogP contribution < -0.4 is 14.5 Å². The quantitative estimate of drug-likeness (QED) is 0.168. The topological polar surface area (TPSA) is 59.3 Å². The SMILES string of the molecule is CC(C)(C)c1ccnc(-n2c3ccccc3c3ccc(Oc4cccc(N5CN(c6c(C(C)(C)C)cc(-c7ccccn7)cc6C(C)(C)C)c6ncccc65)c4)cc32)c1. The minimum absolute atomic E-state index is 0.00679. The number of anilines is 4. The fraction of sp³-hybridized carbons (Fsp3) is 0.250. The van der Waals surface area contributed by atoms with Gasteiger partial charge in [-0.25, -0.2) is 9.97 Å². The second-order valence-electron chi connectivity index (χ2n) is 18.8. The van der Waals surface area contributed by atoms with Gasteiger partial charge in [0, 0.05) is 52.7 Å². The number of ether oxygens (including phenoxy) is 1. The average molecular weight is 777 g/mol. The molecular formula is C52H52N6O. The molecule has 0 aliphatic carbocycles. The Kier molecular flexibility index (Phi) is 9.11. The smallest absolute Gasteiger partial charge is 0.158 e. The molecule has 7 nitrogen and oxygen atoms in total. The Hall–Kier alpha value is -6.47. The summed E-state index contributed by atoms with van der Waals surface area (Å²) in [5.74, 6) is 3.34. The number of pyridine rings is 3. The van der Waals surface area contributed by atoms with Crippen LogP contribution in [0, 0.1) is 0 Å². The largest absolute Gasteiger partial charge is 0.457 e. The molecule has 5 heterocycles. The highest BCUT2D eigenvalue weighted by atomic mass is 16.5. The molecule has 4 aromatic carbocycles. The third-order valence-electron chi connectivity index (χ3n) is 11.4. The van der Waals surface area contributed by atoms with Gasteiger partial charge in [0.25, 0.3) is 0 Å². The number of aromatic nitrogens is 4. The molecule has 9 rings (SSSR count). The molecule has 0 radical (unpaired) electrons. The molecule has 0 bridgehead atoms. The first-order valence-corrected chi connectivity index (χ1v) is 20.5. The van der Waals surface area contributed by atoms with Crippen molar-refractivity contribution in [2.45, 2.75) is 78.6 Å². The highest BCUT2D eigenvalue weighted by Gasteiger charge is 2.37. The number of hydrogen-bond donors (Lipinski definition) is 0. The van der Waals surface area contributed by atoms with E-state index in [0.29, 0.717) is 6.67 Å². The lowest BCUT2D eigenvalue weighted by molar-refractivity contribution is 0.483. The van der Waals surface area contributed by atoms with E-state index >= 15 is 0 Å². The summed E-state index contributed by atoms with van der Waals surface area (Å²) in [6.45, 7) is 21.1. The Labute approximate surface area is 348 Å². The van der Waals surface area contributed by atoms with Crippen molar-refractivity contribution >= 4 is 44.7 Å². The summed E-state index contributed by atoms with van der Waals surface area (Å²) >= 11 is 0. The lowest BCUT2D eigenvalue weighted by Crippen LogP contribution is -2.30. The van der Waals surface area contributed by atoms with Crippen LogP contribution in [0.1, 0.15) is 79.0 Å². The minimum atomic E-state index is -0.158. The molecular weight excluding hydrogens is 725 g/mol. The number of para-hydroxylation sites is 1. The molecule has 0 unspecified atom stereocenters. The average Bonchev–Trinajstić information content (AvgIpc) is 3.76. The highest BCUT2D eigenvalue weighted by molar-refractivity contribution is 6.09. The third kappa shape index (κ3) is 6.98. The second-order valence-corrected chi connectivity index (χ2v) is 18.8. The summed E-state index contributed by atoms with van der Waals surface area (Å²) in [7, 11) is 0. The van der Waals surface area contributed by atoms with Crippen LogP contribution in [0.15, 0.2) is 140 Å². The number of benzene rings is 4. The lowest BCUT2D eigenvalue weighted by atomic mass is 9.77. The summed E-state index contributed by atoms with van der Waals surface area (Å²) in [4.78, 5) is 19.4. The van der Waals surface area contributed by atoms with Crippen molar-refractivity contribution in [3.05, 3.63) is 157 Å². The molecule has 8 aromatic rings. The van der Waals surface area contributed by atoms with Gasteiger partial charge < -0.3 is 14.5 Å². The van der Waals surface area contributed by atoms with E-state index in [1.807, 2.05) is 36.8 Å². The van der Waals surface area contributed by atoms with E-state index in [0.717, 1.165) is 62.2 Å². The molecule has 1 aliphatic heterocycles. The van der Waals surface area contributed by atoms with Crippen molar-refractivity contribution in [1.29, 1.82) is 0 Å². The fourth-order valence-corrected chi connectivity index (χ4v) is 8.36. The number of rotatable bonds is 6. The van der Waals surface area contributed by atoms with Crippen molar-refractivity contribution in [2.24, 2.45) is 0 Å². The van der Waals surface area contributed by atoms with Gasteiger partial charge in [-0.1, -0.05) is 92.6 Å². The maximum atomic E-state index is 6.74. The van der Waals surface area contributed by atoms with Gasteiger partial charge in [0.2, 0.25) is 0 Å². The van der Waals surface area contributed by atoms with E-state index in [-0.39, 0.29) is 16.2 Å². The predicted octanol–water partition coefficient (Wildman–Crippen LogP) is 13.6. The zero-order valence-corrected chi connectivity index (χ0v) is 35.6. The van der Waals surface area contributed by atoms with Crippen molar-refractivity contribution in [2.75, 3.05) is 16.5 Å².